The van der Waals surface area contributed by atoms with Crippen molar-refractivity contribution in [1.82, 2.24) is 0 Å². The lowest BCUT2D eigenvalue weighted by Gasteiger charge is -2.09. The first kappa shape index (κ1) is 16.4. The van der Waals surface area contributed by atoms with E-state index in [1.54, 1.807) is 24.3 Å². The lowest BCUT2D eigenvalue weighted by molar-refractivity contribution is -0.136. The van der Waals surface area contributed by atoms with Crippen LogP contribution in [0.15, 0.2) is 24.3 Å². The molecule has 0 heterocycles. The normalized spacial score (nSPS) is 13.2. The smallest absolute Gasteiger partial charge is 0.321 e. The van der Waals surface area contributed by atoms with Gasteiger partial charge in [0.2, 0.25) is 0 Å². The van der Waals surface area contributed by atoms with Crippen molar-refractivity contribution >= 4 is 21.6 Å². The number of carboxylic acids is 1. The molecule has 110 valence electrons. The molecule has 1 N–H and O–H groups in total. The maximum atomic E-state index is 11.9. The fourth-order valence-corrected chi connectivity index (χ4v) is 2.69. The molecule has 1 aromatic carbocycles. The number of hydrogen-bond acceptors (Lipinski definition) is 4. The Hall–Kier alpha value is -1.69. The summed E-state index contributed by atoms with van der Waals surface area (Å²) in [6.45, 7) is 5.08. The van der Waals surface area contributed by atoms with Crippen LogP contribution in [0, 0.1) is 0 Å². The molecule has 1 atom stereocenters. The van der Waals surface area contributed by atoms with Crippen molar-refractivity contribution in [3.63, 3.8) is 0 Å². The number of hydrogen-bond donors (Lipinski definition) is 1. The number of Topliss-reactive ketones (excluding diaryl/α,β-unsaturated/α-hetero) is 1. The lowest BCUT2D eigenvalue weighted by Crippen LogP contribution is -2.32. The molecule has 1 rings (SSSR count). The Kier molecular flexibility index (Phi) is 5.05. The first-order valence-electron chi connectivity index (χ1n) is 6.22. The van der Waals surface area contributed by atoms with Crippen molar-refractivity contribution in [1.29, 1.82) is 0 Å². The Labute approximate surface area is 118 Å². The molecule has 6 heteroatoms. The van der Waals surface area contributed by atoms with Crippen LogP contribution in [0.2, 0.25) is 0 Å². The Morgan fingerprint density at radius 2 is 1.60 bits per heavy atom. The molecular formula is C14H18O5S. The summed E-state index contributed by atoms with van der Waals surface area (Å²) in [6, 6.07) is 6.67. The largest absolute Gasteiger partial charge is 0.480 e. The zero-order valence-corrected chi connectivity index (χ0v) is 12.5. The van der Waals surface area contributed by atoms with Gasteiger partial charge in [-0.05, 0) is 18.4 Å². The van der Waals surface area contributed by atoms with Crippen LogP contribution in [0.1, 0.15) is 42.6 Å². The summed E-state index contributed by atoms with van der Waals surface area (Å²) in [6.07, 6.45) is 0. The van der Waals surface area contributed by atoms with Crippen LogP contribution in [-0.2, 0) is 14.6 Å². The number of carboxylic acid groups (broad SMARTS) is 1. The minimum atomic E-state index is -3.98. The highest BCUT2D eigenvalue weighted by Gasteiger charge is 2.30. The standard InChI is InChI=1S/C14H18O5S/c1-9(2)11-4-6-12(7-5-11)13(15)8-20(18,19)10(3)14(16)17/h4-7,9-10H,8H2,1-3H3,(H,16,17). The number of aliphatic carboxylic acids is 1. The van der Waals surface area contributed by atoms with Gasteiger partial charge in [0.05, 0.1) is 0 Å². The van der Waals surface area contributed by atoms with Gasteiger partial charge in [0.15, 0.2) is 20.9 Å². The molecule has 1 aromatic rings. The first-order valence-corrected chi connectivity index (χ1v) is 7.94. The third-order valence-electron chi connectivity index (χ3n) is 3.12. The monoisotopic (exact) mass is 298 g/mol. The molecule has 0 aliphatic rings. The zero-order valence-electron chi connectivity index (χ0n) is 11.7. The molecule has 0 radical (unpaired) electrons. The maximum absolute atomic E-state index is 11.9. The molecule has 0 bridgehead atoms. The topological polar surface area (TPSA) is 88.5 Å². The molecular weight excluding hydrogens is 280 g/mol. The summed E-state index contributed by atoms with van der Waals surface area (Å²) in [5.41, 5.74) is 1.32. The number of ketones is 1. The lowest BCUT2D eigenvalue weighted by atomic mass is 10.0. The van der Waals surface area contributed by atoms with E-state index in [1.807, 2.05) is 13.8 Å². The van der Waals surface area contributed by atoms with Crippen molar-refractivity contribution in [2.75, 3.05) is 5.75 Å². The van der Waals surface area contributed by atoms with Gasteiger partial charge in [-0.2, -0.15) is 0 Å². The number of sulfone groups is 1. The highest BCUT2D eigenvalue weighted by molar-refractivity contribution is 7.93. The molecule has 0 saturated heterocycles. The van der Waals surface area contributed by atoms with Gasteiger partial charge < -0.3 is 5.11 Å². The van der Waals surface area contributed by atoms with Gasteiger partial charge in [-0.1, -0.05) is 38.1 Å². The summed E-state index contributed by atoms with van der Waals surface area (Å²) in [5.74, 6) is -2.52. The van der Waals surface area contributed by atoms with Crippen LogP contribution in [0.25, 0.3) is 0 Å². The average Bonchev–Trinajstić information content (AvgIpc) is 2.37. The second kappa shape index (κ2) is 6.17. The highest BCUT2D eigenvalue weighted by Crippen LogP contribution is 2.15. The van der Waals surface area contributed by atoms with Crippen molar-refractivity contribution in [2.24, 2.45) is 0 Å². The minimum Gasteiger partial charge on any atom is -0.480 e. The molecule has 1 unspecified atom stereocenters. The van der Waals surface area contributed by atoms with E-state index in [2.05, 4.69) is 0 Å². The minimum absolute atomic E-state index is 0.274. The fourth-order valence-electron chi connectivity index (χ4n) is 1.60. The summed E-state index contributed by atoms with van der Waals surface area (Å²) < 4.78 is 23.5. The van der Waals surface area contributed by atoms with Gasteiger partial charge in [0.1, 0.15) is 5.75 Å². The maximum Gasteiger partial charge on any atom is 0.321 e. The van der Waals surface area contributed by atoms with Gasteiger partial charge in [-0.25, -0.2) is 8.42 Å². The third-order valence-corrected chi connectivity index (χ3v) is 5.06. The summed E-state index contributed by atoms with van der Waals surface area (Å²) in [4.78, 5) is 22.6. The van der Waals surface area contributed by atoms with Crippen molar-refractivity contribution in [2.45, 2.75) is 31.9 Å². The van der Waals surface area contributed by atoms with Crippen LogP contribution >= 0.6 is 0 Å². The zero-order chi connectivity index (χ0) is 15.5. The van der Waals surface area contributed by atoms with Crippen molar-refractivity contribution in [3.8, 4) is 0 Å². The van der Waals surface area contributed by atoms with E-state index < -0.39 is 32.6 Å². The molecule has 0 aliphatic heterocycles. The molecule has 0 amide bonds. The molecule has 0 aromatic heterocycles. The Morgan fingerprint density at radius 1 is 1.10 bits per heavy atom. The number of carbonyl (C=O) groups excluding carboxylic acids is 1. The predicted molar refractivity (Wildman–Crippen MR) is 75.7 cm³/mol. The van der Waals surface area contributed by atoms with Crippen molar-refractivity contribution < 1.29 is 23.1 Å². The SMILES string of the molecule is CC(C)c1ccc(C(=O)CS(=O)(=O)C(C)C(=O)O)cc1. The van der Waals surface area contributed by atoms with E-state index in [4.69, 9.17) is 5.11 Å². The number of rotatable bonds is 6. The van der Waals surface area contributed by atoms with Crippen LogP contribution in [0.3, 0.4) is 0 Å². The fraction of sp³-hybridized carbons (Fsp3) is 0.429. The summed E-state index contributed by atoms with van der Waals surface area (Å²) in [7, 11) is -3.98. The van der Waals surface area contributed by atoms with Gasteiger partial charge in [0, 0.05) is 5.56 Å². The average molecular weight is 298 g/mol. The van der Waals surface area contributed by atoms with E-state index in [1.165, 1.54) is 0 Å². The van der Waals surface area contributed by atoms with Gasteiger partial charge >= 0.3 is 5.97 Å². The summed E-state index contributed by atoms with van der Waals surface area (Å²) >= 11 is 0. The van der Waals surface area contributed by atoms with E-state index in [-0.39, 0.29) is 5.56 Å². The number of benzene rings is 1. The Bertz CT molecular complexity index is 599. The molecule has 5 nitrogen and oxygen atoms in total. The van der Waals surface area contributed by atoms with Crippen molar-refractivity contribution in [3.05, 3.63) is 35.4 Å². The second-order valence-electron chi connectivity index (χ2n) is 4.99. The van der Waals surface area contributed by atoms with E-state index in [0.29, 0.717) is 5.92 Å². The van der Waals surface area contributed by atoms with Crippen LogP contribution < -0.4 is 0 Å². The Balaban J connectivity index is 2.89. The van der Waals surface area contributed by atoms with Gasteiger partial charge in [-0.3, -0.25) is 9.59 Å². The third kappa shape index (κ3) is 3.90. The van der Waals surface area contributed by atoms with E-state index >= 15 is 0 Å². The highest BCUT2D eigenvalue weighted by atomic mass is 32.2. The Morgan fingerprint density at radius 3 is 2.00 bits per heavy atom. The molecule has 0 spiro atoms. The predicted octanol–water partition coefficient (Wildman–Crippen LogP) is 1.88. The molecule has 0 fully saturated rings. The second-order valence-corrected chi connectivity index (χ2v) is 7.31. The first-order chi connectivity index (χ1) is 9.15. The molecule has 20 heavy (non-hydrogen) atoms. The van der Waals surface area contributed by atoms with E-state index in [9.17, 15) is 18.0 Å². The molecule has 0 saturated carbocycles. The van der Waals surface area contributed by atoms with Gasteiger partial charge in [-0.15, -0.1) is 0 Å². The quantitative estimate of drug-likeness (QED) is 0.810. The number of carbonyl (C=O) groups is 2. The summed E-state index contributed by atoms with van der Waals surface area (Å²) in [5, 5.41) is 7.13. The van der Waals surface area contributed by atoms with Crippen LogP contribution in [0.4, 0.5) is 0 Å². The van der Waals surface area contributed by atoms with Gasteiger partial charge in [0.25, 0.3) is 0 Å². The van der Waals surface area contributed by atoms with E-state index in [0.717, 1.165) is 12.5 Å². The van der Waals surface area contributed by atoms with Crippen LogP contribution in [-0.4, -0.2) is 36.3 Å². The molecule has 0 aliphatic carbocycles. The van der Waals surface area contributed by atoms with Crippen LogP contribution in [0.5, 0.6) is 0 Å².